The van der Waals surface area contributed by atoms with Crippen LogP contribution < -0.4 is 0 Å². The van der Waals surface area contributed by atoms with Gasteiger partial charge in [0.2, 0.25) is 5.91 Å². The van der Waals surface area contributed by atoms with E-state index in [2.05, 4.69) is 21.3 Å². The summed E-state index contributed by atoms with van der Waals surface area (Å²) in [5, 5.41) is 18.8. The second-order valence-electron chi connectivity index (χ2n) is 8.78. The van der Waals surface area contributed by atoms with Crippen molar-refractivity contribution in [1.29, 1.82) is 5.26 Å². The van der Waals surface area contributed by atoms with Gasteiger partial charge in [-0.2, -0.15) is 15.5 Å². The number of carbonyl (C=O) groups excluding carboxylic acids is 1. The van der Waals surface area contributed by atoms with Gasteiger partial charge in [0.15, 0.2) is 5.82 Å². The number of hydrogen-bond acceptors (Lipinski definition) is 5. The van der Waals surface area contributed by atoms with Crippen LogP contribution in [-0.4, -0.2) is 31.9 Å². The van der Waals surface area contributed by atoms with Gasteiger partial charge in [-0.25, -0.2) is 23.5 Å². The van der Waals surface area contributed by atoms with Crippen molar-refractivity contribution in [2.24, 2.45) is 15.9 Å². The molecule has 7 nitrogen and oxygen atoms in total. The molecule has 4 aliphatic rings. The smallest absolute Gasteiger partial charge is 0.249 e. The van der Waals surface area contributed by atoms with E-state index in [-0.39, 0.29) is 17.7 Å². The molecule has 0 saturated heterocycles. The summed E-state index contributed by atoms with van der Waals surface area (Å²) in [6.07, 6.45) is 4.46. The lowest BCUT2D eigenvalue weighted by molar-refractivity contribution is -0.223. The number of rotatable bonds is 5. The number of amides is 1. The number of benzene rings is 1. The Bertz CT molecular complexity index is 1080. The quantitative estimate of drug-likeness (QED) is 0.758. The molecule has 0 spiro atoms. The number of aryl methyl sites for hydroxylation is 1. The van der Waals surface area contributed by atoms with Crippen molar-refractivity contribution in [2.45, 2.75) is 51.6 Å². The van der Waals surface area contributed by atoms with E-state index in [9.17, 15) is 13.6 Å². The molecule has 3 fully saturated rings. The molecule has 2 bridgehead atoms. The lowest BCUT2D eigenvalue weighted by Gasteiger charge is -2.69. The van der Waals surface area contributed by atoms with Crippen molar-refractivity contribution in [2.75, 3.05) is 0 Å². The Morgan fingerprint density at radius 3 is 2.63 bits per heavy atom. The minimum absolute atomic E-state index is 0.0158. The van der Waals surface area contributed by atoms with Crippen molar-refractivity contribution < 1.29 is 13.6 Å². The fraction of sp³-hybridized carbons (Fsp3) is 0.476. The van der Waals surface area contributed by atoms with E-state index >= 15 is 0 Å². The zero-order valence-corrected chi connectivity index (χ0v) is 16.5. The highest BCUT2D eigenvalue weighted by Gasteiger charge is 2.72. The molecule has 1 aliphatic heterocycles. The second-order valence-corrected chi connectivity index (χ2v) is 8.78. The largest absolute Gasteiger partial charge is 0.272 e. The van der Waals surface area contributed by atoms with Crippen molar-refractivity contribution in [3.05, 3.63) is 47.0 Å². The molecule has 1 unspecified atom stereocenters. The maximum absolute atomic E-state index is 13.7. The molecule has 6 rings (SSSR count). The lowest BCUT2D eigenvalue weighted by atomic mass is 9.34. The average Bonchev–Trinajstić information content (AvgIpc) is 3.23. The predicted octanol–water partition coefficient (Wildman–Crippen LogP) is 3.06. The third-order valence-electron chi connectivity index (χ3n) is 6.52. The summed E-state index contributed by atoms with van der Waals surface area (Å²) in [5.41, 5.74) is -0.0135. The van der Waals surface area contributed by atoms with E-state index in [0.717, 1.165) is 31.2 Å². The molecular weight excluding hydrogens is 390 g/mol. The van der Waals surface area contributed by atoms with Crippen LogP contribution in [0.15, 0.2) is 23.3 Å². The van der Waals surface area contributed by atoms with Crippen LogP contribution in [-0.2, 0) is 17.8 Å². The van der Waals surface area contributed by atoms with E-state index in [1.807, 2.05) is 11.6 Å². The summed E-state index contributed by atoms with van der Waals surface area (Å²) in [6.45, 7) is 2.54. The SMILES string of the molecule is Cc1nc(CC#N)nn1CC12CC(C(=O)N3N=CCC3c3cc(F)cc(F)c3)(C1)C2. The van der Waals surface area contributed by atoms with Crippen LogP contribution in [0, 0.1) is 40.7 Å². The van der Waals surface area contributed by atoms with Gasteiger partial charge in [-0.05, 0) is 49.3 Å². The van der Waals surface area contributed by atoms with Crippen LogP contribution >= 0.6 is 0 Å². The molecule has 1 amide bonds. The number of nitrogens with zero attached hydrogens (tertiary/aromatic N) is 6. The van der Waals surface area contributed by atoms with Gasteiger partial charge in [-0.15, -0.1) is 0 Å². The fourth-order valence-corrected chi connectivity index (χ4v) is 5.38. The molecule has 0 N–H and O–H groups in total. The van der Waals surface area contributed by atoms with Crippen molar-refractivity contribution in [1.82, 2.24) is 19.8 Å². The maximum Gasteiger partial charge on any atom is 0.249 e. The maximum atomic E-state index is 13.7. The van der Waals surface area contributed by atoms with E-state index in [1.54, 1.807) is 6.21 Å². The number of hydrazone groups is 1. The third kappa shape index (κ3) is 2.82. The van der Waals surface area contributed by atoms with Gasteiger partial charge in [0.25, 0.3) is 0 Å². The van der Waals surface area contributed by atoms with Crippen LogP contribution in [0.3, 0.4) is 0 Å². The first-order chi connectivity index (χ1) is 14.3. The zero-order chi connectivity index (χ0) is 21.1. The minimum Gasteiger partial charge on any atom is -0.272 e. The summed E-state index contributed by atoms with van der Waals surface area (Å²) >= 11 is 0. The molecule has 2 heterocycles. The lowest BCUT2D eigenvalue weighted by Crippen LogP contribution is -2.68. The molecular formula is C21H20F2N6O. The molecule has 9 heteroatoms. The van der Waals surface area contributed by atoms with Gasteiger partial charge < -0.3 is 0 Å². The Morgan fingerprint density at radius 2 is 1.97 bits per heavy atom. The summed E-state index contributed by atoms with van der Waals surface area (Å²) in [4.78, 5) is 17.6. The highest BCUT2D eigenvalue weighted by molar-refractivity contribution is 5.88. The van der Waals surface area contributed by atoms with Gasteiger partial charge in [0.05, 0.1) is 23.9 Å². The topological polar surface area (TPSA) is 87.2 Å². The first kappa shape index (κ1) is 18.9. The van der Waals surface area contributed by atoms with E-state index in [0.29, 0.717) is 24.4 Å². The van der Waals surface area contributed by atoms with Crippen LogP contribution in [0.5, 0.6) is 0 Å². The van der Waals surface area contributed by atoms with Crippen LogP contribution in [0.4, 0.5) is 8.78 Å². The summed E-state index contributed by atoms with van der Waals surface area (Å²) in [6, 6.07) is 4.93. The highest BCUT2D eigenvalue weighted by Crippen LogP contribution is 2.74. The number of hydrogen-bond donors (Lipinski definition) is 0. The van der Waals surface area contributed by atoms with Crippen molar-refractivity contribution in [3.63, 3.8) is 0 Å². The first-order valence-electron chi connectivity index (χ1n) is 9.93. The summed E-state index contributed by atoms with van der Waals surface area (Å²) in [7, 11) is 0. The van der Waals surface area contributed by atoms with E-state index in [1.165, 1.54) is 17.1 Å². The Labute approximate surface area is 172 Å². The Kier molecular flexibility index (Phi) is 4.04. The summed E-state index contributed by atoms with van der Waals surface area (Å²) in [5.74, 6) is -0.111. The van der Waals surface area contributed by atoms with Crippen LogP contribution in [0.25, 0.3) is 0 Å². The number of carbonyl (C=O) groups is 1. The van der Waals surface area contributed by atoms with Crippen molar-refractivity contribution in [3.8, 4) is 6.07 Å². The molecule has 0 radical (unpaired) electrons. The molecule has 3 saturated carbocycles. The van der Waals surface area contributed by atoms with Gasteiger partial charge in [0.1, 0.15) is 17.5 Å². The molecule has 154 valence electrons. The Morgan fingerprint density at radius 1 is 1.27 bits per heavy atom. The zero-order valence-electron chi connectivity index (χ0n) is 16.5. The minimum atomic E-state index is -0.660. The number of halogens is 2. The van der Waals surface area contributed by atoms with Crippen LogP contribution in [0.1, 0.15) is 48.9 Å². The Balaban J connectivity index is 1.28. The van der Waals surface area contributed by atoms with Crippen molar-refractivity contribution >= 4 is 12.1 Å². The van der Waals surface area contributed by atoms with Gasteiger partial charge in [-0.3, -0.25) is 4.79 Å². The number of aromatic nitrogens is 3. The molecule has 1 aromatic carbocycles. The van der Waals surface area contributed by atoms with E-state index in [4.69, 9.17) is 5.26 Å². The van der Waals surface area contributed by atoms with Gasteiger partial charge in [0, 0.05) is 25.2 Å². The van der Waals surface area contributed by atoms with Crippen LogP contribution in [0.2, 0.25) is 0 Å². The molecule has 3 aliphatic carbocycles. The monoisotopic (exact) mass is 410 g/mol. The van der Waals surface area contributed by atoms with E-state index < -0.39 is 23.1 Å². The molecule has 2 aromatic rings. The predicted molar refractivity (Wildman–Crippen MR) is 102 cm³/mol. The van der Waals surface area contributed by atoms with Gasteiger partial charge >= 0.3 is 0 Å². The summed E-state index contributed by atoms with van der Waals surface area (Å²) < 4.78 is 29.1. The second kappa shape index (κ2) is 6.42. The molecule has 1 atom stereocenters. The third-order valence-corrected chi connectivity index (χ3v) is 6.52. The fourth-order valence-electron chi connectivity index (χ4n) is 5.38. The number of nitriles is 1. The molecule has 30 heavy (non-hydrogen) atoms. The standard InChI is InChI=1S/C21H20F2N6O/c1-13-26-18(2-4-24)27-28(13)12-20-9-21(10-20,11-20)19(30)29-17(3-5-25-29)14-6-15(22)8-16(23)7-14/h5-8,17H,2-3,9-12H2,1H3. The molecule has 1 aromatic heterocycles. The first-order valence-corrected chi connectivity index (χ1v) is 9.93. The average molecular weight is 410 g/mol. The highest BCUT2D eigenvalue weighted by atomic mass is 19.1. The normalized spacial score (nSPS) is 28.7. The Hall–Kier alpha value is -3.15. The van der Waals surface area contributed by atoms with Gasteiger partial charge in [-0.1, -0.05) is 0 Å².